The van der Waals surface area contributed by atoms with Crippen LogP contribution in [-0.2, 0) is 21.6 Å². The fourth-order valence-corrected chi connectivity index (χ4v) is 9.81. The first-order valence-electron chi connectivity index (χ1n) is 23.0. The summed E-state index contributed by atoms with van der Waals surface area (Å²) in [6.07, 6.45) is 6.10. The summed E-state index contributed by atoms with van der Waals surface area (Å²) in [5.74, 6) is 1.42. The summed E-state index contributed by atoms with van der Waals surface area (Å²) in [7, 11) is 0. The fraction of sp³-hybridized carbons (Fsp3) is 0.429. The van der Waals surface area contributed by atoms with Gasteiger partial charge in [-0.15, -0.1) is 0 Å². The van der Waals surface area contributed by atoms with E-state index in [2.05, 4.69) is 75.8 Å². The van der Waals surface area contributed by atoms with E-state index in [1.807, 2.05) is 65.1 Å². The minimum Gasteiger partial charge on any atom is -0.374 e. The number of amides is 4. The van der Waals surface area contributed by atoms with Gasteiger partial charge >= 0.3 is 17.8 Å². The number of anilines is 3. The van der Waals surface area contributed by atoms with Gasteiger partial charge in [-0.05, 0) is 86.2 Å². The van der Waals surface area contributed by atoms with Crippen LogP contribution in [0.4, 0.5) is 22.0 Å². The first kappa shape index (κ1) is 43.2. The number of nitrogens with zero attached hydrogens (tertiary/aromatic N) is 9. The molecule has 17 heteroatoms. The molecule has 0 spiro atoms. The quantitative estimate of drug-likeness (QED) is 0.142. The Labute approximate surface area is 383 Å². The Kier molecular flexibility index (Phi) is 11.5. The summed E-state index contributed by atoms with van der Waals surface area (Å²) < 4.78 is 11.6. The van der Waals surface area contributed by atoms with Crippen molar-refractivity contribution in [2.75, 3.05) is 67.1 Å². The van der Waals surface area contributed by atoms with Crippen LogP contribution in [0.1, 0.15) is 86.2 Å². The molecule has 0 bridgehead atoms. The molecule has 4 aliphatic heterocycles. The number of piperazine rings is 1. The zero-order valence-electron chi connectivity index (χ0n) is 38.1. The highest BCUT2D eigenvalue weighted by atomic mass is 16.5. The van der Waals surface area contributed by atoms with Crippen molar-refractivity contribution < 1.29 is 23.6 Å². The molecule has 4 amide bonds. The molecule has 10 rings (SSSR count). The van der Waals surface area contributed by atoms with E-state index in [0.29, 0.717) is 37.9 Å². The number of urea groups is 1. The largest absolute Gasteiger partial charge is 0.374 e. The zero-order valence-corrected chi connectivity index (χ0v) is 38.1. The molecule has 17 nitrogen and oxygen atoms in total. The topological polar surface area (TPSA) is 191 Å². The van der Waals surface area contributed by atoms with Crippen LogP contribution >= 0.6 is 0 Å². The molecule has 6 aromatic rings. The molecule has 3 N–H and O–H groups in total. The molecule has 0 unspecified atom stereocenters. The van der Waals surface area contributed by atoms with Crippen molar-refractivity contribution in [1.29, 1.82) is 0 Å². The number of rotatable bonds is 9. The van der Waals surface area contributed by atoms with Crippen molar-refractivity contribution in [3.63, 3.8) is 0 Å². The third-order valence-electron chi connectivity index (χ3n) is 13.4. The number of aromatic nitrogens is 6. The Hall–Kier alpha value is -6.72. The van der Waals surface area contributed by atoms with Gasteiger partial charge in [-0.25, -0.2) is 19.7 Å². The predicted octanol–water partition coefficient (Wildman–Crippen LogP) is 6.55. The number of fused-ring (bicyclic) bond motifs is 4. The highest BCUT2D eigenvalue weighted by Crippen LogP contribution is 2.35. The standard InChI is InChI=1S/C49H56N12O5/c1-29-20-32(6-11-38(29)30(2)53-45(63)46-56-47(57-66-46)49(3,4)5)42-39-22-40(54-43(39)52-28-51-42)33-21-34-26-65-27-37-25-58(18-19-60(37)44(34)50-23-33)24-31-12-15-59(16-13-31)35-7-9-36(10-8-35)61-17-14-41(62)55-48(61)64/h6-11,20-23,28,30-31,37H,12-19,24-27H2,1-5H3,(H,53,63)(H,51,52,54)(H,55,62,64)/t30-,37-/m1/s1. The van der Waals surface area contributed by atoms with Crippen LogP contribution < -0.4 is 25.3 Å². The minimum atomic E-state index is -0.415. The summed E-state index contributed by atoms with van der Waals surface area (Å²) in [6, 6.07) is 18.1. The second-order valence-electron chi connectivity index (χ2n) is 19.1. The van der Waals surface area contributed by atoms with Crippen molar-refractivity contribution >= 4 is 46.1 Å². The Morgan fingerprint density at radius 1 is 0.939 bits per heavy atom. The van der Waals surface area contributed by atoms with Gasteiger partial charge in [0.1, 0.15) is 17.8 Å². The number of H-pyrrole nitrogens is 1. The maximum absolute atomic E-state index is 13.0. The number of hydrogen-bond donors (Lipinski definition) is 3. The number of nitrogens with one attached hydrogen (secondary N) is 3. The lowest BCUT2D eigenvalue weighted by Crippen LogP contribution is -2.56. The molecular formula is C49H56N12O5. The van der Waals surface area contributed by atoms with Crippen LogP contribution in [0.15, 0.2) is 71.6 Å². The van der Waals surface area contributed by atoms with Crippen LogP contribution in [0.5, 0.6) is 0 Å². The normalized spacial score (nSPS) is 19.0. The molecule has 4 aliphatic rings. The molecule has 3 fully saturated rings. The lowest BCUT2D eigenvalue weighted by molar-refractivity contribution is -0.120. The van der Waals surface area contributed by atoms with Crippen LogP contribution in [-0.4, -0.2) is 111 Å². The number of aryl methyl sites for hydroxylation is 1. The lowest BCUT2D eigenvalue weighted by Gasteiger charge is -2.43. The van der Waals surface area contributed by atoms with E-state index in [0.717, 1.165) is 120 Å². The average molecular weight is 893 g/mol. The Balaban J connectivity index is 0.761. The van der Waals surface area contributed by atoms with Crippen molar-refractivity contribution in [2.45, 2.75) is 78.0 Å². The van der Waals surface area contributed by atoms with Crippen LogP contribution in [0, 0.1) is 12.8 Å². The number of imide groups is 1. The van der Waals surface area contributed by atoms with Gasteiger partial charge in [-0.3, -0.25) is 24.7 Å². The average Bonchev–Trinajstić information content (AvgIpc) is 3.95. The number of benzene rings is 2. The molecule has 8 heterocycles. The molecule has 4 aromatic heterocycles. The number of pyridine rings is 1. The van der Waals surface area contributed by atoms with E-state index >= 15 is 0 Å². The SMILES string of the molecule is Cc1cc(-c2ncnc3[nH]c(-c4cnc5c(c4)COC[C@H]4CN(CC6CCN(c7ccc(N8CCC(=O)NC8=O)cc7)CC6)CCN54)cc23)ccc1[C@@H](C)NC(=O)c1nc(C(C)(C)C)no1. The minimum absolute atomic E-state index is 0.0531. The Morgan fingerprint density at radius 3 is 2.50 bits per heavy atom. The number of carbonyl (C=O) groups is 3. The van der Waals surface area contributed by atoms with Crippen LogP contribution in [0.2, 0.25) is 0 Å². The highest BCUT2D eigenvalue weighted by Gasteiger charge is 2.34. The van der Waals surface area contributed by atoms with Gasteiger partial charge in [-0.2, -0.15) is 4.98 Å². The maximum Gasteiger partial charge on any atom is 0.328 e. The second-order valence-corrected chi connectivity index (χ2v) is 19.1. The van der Waals surface area contributed by atoms with Gasteiger partial charge < -0.3 is 29.4 Å². The molecule has 0 radical (unpaired) electrons. The Morgan fingerprint density at radius 2 is 1.74 bits per heavy atom. The van der Waals surface area contributed by atoms with E-state index in [1.54, 1.807) is 11.2 Å². The fourth-order valence-electron chi connectivity index (χ4n) is 9.81. The number of ether oxygens (including phenoxy) is 1. The predicted molar refractivity (Wildman–Crippen MR) is 250 cm³/mol. The zero-order chi connectivity index (χ0) is 45.7. The first-order valence-corrected chi connectivity index (χ1v) is 23.0. The molecule has 2 aromatic carbocycles. The smallest absolute Gasteiger partial charge is 0.328 e. The molecule has 66 heavy (non-hydrogen) atoms. The second kappa shape index (κ2) is 17.6. The summed E-state index contributed by atoms with van der Waals surface area (Å²) in [4.78, 5) is 68.2. The maximum atomic E-state index is 13.0. The summed E-state index contributed by atoms with van der Waals surface area (Å²) in [5.41, 5.74) is 9.04. The van der Waals surface area contributed by atoms with Crippen molar-refractivity contribution in [2.24, 2.45) is 5.92 Å². The Bertz CT molecular complexity index is 2790. The van der Waals surface area contributed by atoms with E-state index in [4.69, 9.17) is 19.2 Å². The monoisotopic (exact) mass is 892 g/mol. The van der Waals surface area contributed by atoms with Gasteiger partial charge in [0.25, 0.3) is 0 Å². The molecule has 342 valence electrons. The number of carbonyl (C=O) groups excluding carboxylic acids is 3. The van der Waals surface area contributed by atoms with E-state index in [-0.39, 0.29) is 35.3 Å². The van der Waals surface area contributed by atoms with Crippen molar-refractivity contribution in [3.8, 4) is 22.5 Å². The van der Waals surface area contributed by atoms with E-state index < -0.39 is 5.91 Å². The van der Waals surface area contributed by atoms with Gasteiger partial charge in [-0.1, -0.05) is 38.1 Å². The molecule has 3 saturated heterocycles. The van der Waals surface area contributed by atoms with E-state index in [1.165, 1.54) is 0 Å². The van der Waals surface area contributed by atoms with Gasteiger partial charge in [0, 0.05) is 103 Å². The number of aromatic amines is 1. The van der Waals surface area contributed by atoms with Gasteiger partial charge in [0.05, 0.1) is 31.0 Å². The van der Waals surface area contributed by atoms with Crippen molar-refractivity contribution in [1.82, 2.24) is 45.6 Å². The number of piperidine rings is 1. The summed E-state index contributed by atoms with van der Waals surface area (Å²) >= 11 is 0. The molecule has 2 atom stereocenters. The van der Waals surface area contributed by atoms with Gasteiger partial charge in [0.2, 0.25) is 5.91 Å². The third kappa shape index (κ3) is 8.72. The molecule has 0 saturated carbocycles. The highest BCUT2D eigenvalue weighted by molar-refractivity contribution is 6.05. The van der Waals surface area contributed by atoms with Crippen molar-refractivity contribution in [3.05, 3.63) is 95.5 Å². The molecule has 0 aliphatic carbocycles. The molecular weight excluding hydrogens is 837 g/mol. The van der Waals surface area contributed by atoms with E-state index in [9.17, 15) is 14.4 Å². The van der Waals surface area contributed by atoms with Crippen LogP contribution in [0.3, 0.4) is 0 Å². The third-order valence-corrected chi connectivity index (χ3v) is 13.4. The van der Waals surface area contributed by atoms with Crippen LogP contribution in [0.25, 0.3) is 33.5 Å². The lowest BCUT2D eigenvalue weighted by atomic mass is 9.95. The first-order chi connectivity index (χ1) is 31.8. The number of hydrogen-bond acceptors (Lipinski definition) is 13. The summed E-state index contributed by atoms with van der Waals surface area (Å²) in [6.45, 7) is 17.3. The summed E-state index contributed by atoms with van der Waals surface area (Å²) in [5, 5.41) is 10.3. The van der Waals surface area contributed by atoms with Gasteiger partial charge in [0.15, 0.2) is 5.82 Å².